The Balaban J connectivity index is 3.22. The largest absolute Gasteiger partial charge is 0.468 e. The zero-order chi connectivity index (χ0) is 20.7. The fourth-order valence-corrected chi connectivity index (χ4v) is 2.88. The number of allylic oxidation sites excluding steroid dienone is 1. The summed E-state index contributed by atoms with van der Waals surface area (Å²) < 4.78 is 10.1. The topological polar surface area (TPSA) is 64.6 Å². The second kappa shape index (κ2) is 21.9. The third-order valence-corrected chi connectivity index (χ3v) is 4.67. The van der Waals surface area contributed by atoms with Crippen molar-refractivity contribution in [2.24, 2.45) is 0 Å². The van der Waals surface area contributed by atoms with Gasteiger partial charge in [-0.15, -0.1) is 0 Å². The van der Waals surface area contributed by atoms with Gasteiger partial charge in [-0.1, -0.05) is 70.4 Å². The monoisotopic (exact) mass is 397 g/mol. The summed E-state index contributed by atoms with van der Waals surface area (Å²) in [6.45, 7) is 3.94. The number of carbonyl (C=O) groups is 2. The molecule has 1 N–H and O–H groups in total. The summed E-state index contributed by atoms with van der Waals surface area (Å²) in [5, 5.41) is 2.55. The van der Waals surface area contributed by atoms with Gasteiger partial charge in [-0.2, -0.15) is 0 Å². The van der Waals surface area contributed by atoms with E-state index in [0.29, 0.717) is 6.42 Å². The van der Waals surface area contributed by atoms with Crippen LogP contribution >= 0.6 is 0 Å². The summed E-state index contributed by atoms with van der Waals surface area (Å²) in [5.74, 6) is -0.495. The number of rotatable bonds is 20. The summed E-state index contributed by atoms with van der Waals surface area (Å²) >= 11 is 0. The highest BCUT2D eigenvalue weighted by atomic mass is 16.5. The van der Waals surface area contributed by atoms with Gasteiger partial charge in [0.2, 0.25) is 5.91 Å². The number of methoxy groups -OCH3 is 1. The Hall–Kier alpha value is -1.36. The molecule has 0 aliphatic rings. The average molecular weight is 398 g/mol. The van der Waals surface area contributed by atoms with Gasteiger partial charge in [-0.25, -0.2) is 0 Å². The minimum absolute atomic E-state index is 0.0388. The Kier molecular flexibility index (Phi) is 20.9. The van der Waals surface area contributed by atoms with Crippen LogP contribution in [0.1, 0.15) is 96.8 Å². The quantitative estimate of drug-likeness (QED) is 0.171. The van der Waals surface area contributed by atoms with Crippen LogP contribution < -0.4 is 5.32 Å². The summed E-state index contributed by atoms with van der Waals surface area (Å²) in [4.78, 5) is 22.4. The molecule has 28 heavy (non-hydrogen) atoms. The lowest BCUT2D eigenvalue weighted by molar-refractivity contribution is -0.141. The predicted octanol–water partition coefficient (Wildman–Crippen LogP) is 5.33. The molecule has 0 heterocycles. The van der Waals surface area contributed by atoms with Crippen LogP contribution in [-0.2, 0) is 19.1 Å². The zero-order valence-corrected chi connectivity index (χ0v) is 18.3. The smallest absolute Gasteiger partial charge is 0.325 e. The molecule has 5 heteroatoms. The van der Waals surface area contributed by atoms with E-state index >= 15 is 0 Å². The second-order valence-electron chi connectivity index (χ2n) is 7.30. The van der Waals surface area contributed by atoms with Crippen molar-refractivity contribution in [3.63, 3.8) is 0 Å². The van der Waals surface area contributed by atoms with E-state index in [4.69, 9.17) is 4.74 Å². The lowest BCUT2D eigenvalue weighted by atomic mass is 10.1. The first-order valence-corrected chi connectivity index (χ1v) is 11.3. The highest BCUT2D eigenvalue weighted by Crippen LogP contribution is 2.08. The normalized spacial score (nSPS) is 11.1. The molecule has 0 aromatic heterocycles. The Labute approximate surface area is 172 Å². The van der Waals surface area contributed by atoms with Gasteiger partial charge >= 0.3 is 5.97 Å². The van der Waals surface area contributed by atoms with E-state index in [0.717, 1.165) is 51.7 Å². The molecule has 0 aromatic rings. The molecule has 164 valence electrons. The van der Waals surface area contributed by atoms with Crippen LogP contribution in [0.5, 0.6) is 0 Å². The molecule has 0 aromatic carbocycles. The fraction of sp³-hybridized carbons (Fsp3) is 0.826. The van der Waals surface area contributed by atoms with Gasteiger partial charge in [0, 0.05) is 13.0 Å². The molecule has 0 atom stereocenters. The fourth-order valence-electron chi connectivity index (χ4n) is 2.88. The van der Waals surface area contributed by atoms with Gasteiger partial charge in [0.25, 0.3) is 0 Å². The number of unbranched alkanes of at least 4 members (excludes halogenated alkanes) is 10. The molecular weight excluding hydrogens is 354 g/mol. The Morgan fingerprint density at radius 3 is 2.18 bits per heavy atom. The second-order valence-corrected chi connectivity index (χ2v) is 7.30. The molecule has 0 radical (unpaired) electrons. The van der Waals surface area contributed by atoms with Gasteiger partial charge in [0.15, 0.2) is 0 Å². The number of carbonyl (C=O) groups excluding carboxylic acids is 2. The lowest BCUT2D eigenvalue weighted by Crippen LogP contribution is -2.29. The van der Waals surface area contributed by atoms with Crippen LogP contribution in [0.25, 0.3) is 0 Å². The summed E-state index contributed by atoms with van der Waals surface area (Å²) in [6.07, 6.45) is 20.5. The number of amides is 1. The minimum atomic E-state index is -0.414. The molecule has 0 rings (SSSR count). The molecule has 0 unspecified atom stereocenters. The minimum Gasteiger partial charge on any atom is -0.468 e. The van der Waals surface area contributed by atoms with Crippen LogP contribution in [0.4, 0.5) is 0 Å². The number of hydrogen-bond acceptors (Lipinski definition) is 4. The molecule has 0 fully saturated rings. The van der Waals surface area contributed by atoms with E-state index in [1.165, 1.54) is 52.1 Å². The Bertz CT molecular complexity index is 396. The molecule has 5 nitrogen and oxygen atoms in total. The van der Waals surface area contributed by atoms with Crippen LogP contribution in [0.15, 0.2) is 12.2 Å². The first kappa shape index (κ1) is 26.6. The van der Waals surface area contributed by atoms with Crippen molar-refractivity contribution in [2.45, 2.75) is 96.8 Å². The maximum absolute atomic E-state index is 11.5. The summed E-state index contributed by atoms with van der Waals surface area (Å²) in [6, 6.07) is 0. The van der Waals surface area contributed by atoms with Crippen molar-refractivity contribution in [3.8, 4) is 0 Å². The Morgan fingerprint density at radius 1 is 0.786 bits per heavy atom. The first-order chi connectivity index (χ1) is 13.7. The average Bonchev–Trinajstić information content (AvgIpc) is 2.71. The van der Waals surface area contributed by atoms with Crippen LogP contribution in [0.2, 0.25) is 0 Å². The van der Waals surface area contributed by atoms with Crippen molar-refractivity contribution in [2.75, 3.05) is 26.9 Å². The molecular formula is C23H43NO4. The SMILES string of the molecule is CCCCCCCCCOCC/C=C\CCCCCCC(=O)NCC(=O)OC. The van der Waals surface area contributed by atoms with Crippen molar-refractivity contribution in [3.05, 3.63) is 12.2 Å². The first-order valence-electron chi connectivity index (χ1n) is 11.3. The van der Waals surface area contributed by atoms with Gasteiger partial charge in [0.1, 0.15) is 6.54 Å². The van der Waals surface area contributed by atoms with Gasteiger partial charge in [-0.3, -0.25) is 9.59 Å². The van der Waals surface area contributed by atoms with E-state index < -0.39 is 5.97 Å². The lowest BCUT2D eigenvalue weighted by Gasteiger charge is -2.03. The van der Waals surface area contributed by atoms with Crippen molar-refractivity contribution in [1.82, 2.24) is 5.32 Å². The molecule has 0 spiro atoms. The molecule has 0 bridgehead atoms. The highest BCUT2D eigenvalue weighted by Gasteiger charge is 2.04. The maximum atomic E-state index is 11.5. The van der Waals surface area contributed by atoms with E-state index in [-0.39, 0.29) is 12.5 Å². The number of hydrogen-bond donors (Lipinski definition) is 1. The molecule has 0 saturated carbocycles. The van der Waals surface area contributed by atoms with Crippen LogP contribution in [-0.4, -0.2) is 38.7 Å². The molecule has 0 saturated heterocycles. The van der Waals surface area contributed by atoms with E-state index in [1.807, 2.05) is 0 Å². The number of esters is 1. The third-order valence-electron chi connectivity index (χ3n) is 4.67. The van der Waals surface area contributed by atoms with Crippen molar-refractivity contribution < 1.29 is 19.1 Å². The predicted molar refractivity (Wildman–Crippen MR) is 115 cm³/mol. The van der Waals surface area contributed by atoms with Gasteiger partial charge in [-0.05, 0) is 32.1 Å². The highest BCUT2D eigenvalue weighted by molar-refractivity contribution is 5.81. The van der Waals surface area contributed by atoms with E-state index in [9.17, 15) is 9.59 Å². The Morgan fingerprint density at radius 2 is 1.43 bits per heavy atom. The van der Waals surface area contributed by atoms with Crippen molar-refractivity contribution >= 4 is 11.9 Å². The van der Waals surface area contributed by atoms with Gasteiger partial charge in [0.05, 0.1) is 13.7 Å². The van der Waals surface area contributed by atoms with Crippen LogP contribution in [0.3, 0.4) is 0 Å². The zero-order valence-electron chi connectivity index (χ0n) is 18.3. The third kappa shape index (κ3) is 20.9. The molecule has 0 aliphatic heterocycles. The number of nitrogens with one attached hydrogen (secondary N) is 1. The summed E-state index contributed by atoms with van der Waals surface area (Å²) in [7, 11) is 1.31. The molecule has 1 amide bonds. The number of ether oxygens (including phenoxy) is 2. The molecule has 0 aliphatic carbocycles. The van der Waals surface area contributed by atoms with E-state index in [2.05, 4.69) is 29.1 Å². The van der Waals surface area contributed by atoms with Crippen LogP contribution in [0, 0.1) is 0 Å². The maximum Gasteiger partial charge on any atom is 0.325 e. The van der Waals surface area contributed by atoms with Gasteiger partial charge < -0.3 is 14.8 Å². The van der Waals surface area contributed by atoms with Crippen molar-refractivity contribution in [1.29, 1.82) is 0 Å². The standard InChI is InChI=1S/C23H43NO4/c1-3-4-5-6-10-13-16-19-28-20-17-14-11-8-7-9-12-15-18-22(25)24-21-23(26)27-2/h11,14H,3-10,12-13,15-21H2,1-2H3,(H,24,25)/b14-11-. The van der Waals surface area contributed by atoms with E-state index in [1.54, 1.807) is 0 Å². The summed E-state index contributed by atoms with van der Waals surface area (Å²) in [5.41, 5.74) is 0.